The first-order valence-corrected chi connectivity index (χ1v) is 8.13. The minimum absolute atomic E-state index is 0.102. The third-order valence-corrected chi connectivity index (χ3v) is 5.02. The predicted molar refractivity (Wildman–Crippen MR) is 77.3 cm³/mol. The summed E-state index contributed by atoms with van der Waals surface area (Å²) in [7, 11) is 0. The van der Waals surface area contributed by atoms with Crippen LogP contribution in [0.1, 0.15) is 58.3 Å². The molecular weight excluding hydrogens is 254 g/mol. The van der Waals surface area contributed by atoms with Crippen molar-refractivity contribution in [3.63, 3.8) is 0 Å². The molecule has 2 fully saturated rings. The smallest absolute Gasteiger partial charge is 0.308 e. The molecule has 2 atom stereocenters. The molecule has 0 spiro atoms. The van der Waals surface area contributed by atoms with E-state index in [2.05, 4.69) is 6.92 Å². The quantitative estimate of drug-likeness (QED) is 0.843. The number of carboxylic acids is 1. The number of nitrogens with zero attached hydrogens (tertiary/aromatic N) is 1. The Morgan fingerprint density at radius 3 is 2.50 bits per heavy atom. The van der Waals surface area contributed by atoms with Gasteiger partial charge in [-0.1, -0.05) is 32.6 Å². The molecular formula is C16H27NO3. The zero-order valence-corrected chi connectivity index (χ0v) is 12.5. The number of likely N-dealkylation sites (tertiary alicyclic amines) is 1. The summed E-state index contributed by atoms with van der Waals surface area (Å²) < 4.78 is 0. The van der Waals surface area contributed by atoms with Gasteiger partial charge in [0.2, 0.25) is 5.91 Å². The normalized spacial score (nSPS) is 25.6. The third kappa shape index (κ3) is 3.74. The van der Waals surface area contributed by atoms with E-state index in [1.54, 1.807) is 0 Å². The zero-order chi connectivity index (χ0) is 14.5. The van der Waals surface area contributed by atoms with Crippen molar-refractivity contribution in [2.45, 2.75) is 58.3 Å². The van der Waals surface area contributed by atoms with E-state index in [-0.39, 0.29) is 17.7 Å². The summed E-state index contributed by atoms with van der Waals surface area (Å²) >= 11 is 0. The van der Waals surface area contributed by atoms with Gasteiger partial charge in [-0.15, -0.1) is 0 Å². The van der Waals surface area contributed by atoms with Gasteiger partial charge in [-0.2, -0.15) is 0 Å². The number of carbonyl (C=O) groups is 2. The molecule has 4 nitrogen and oxygen atoms in total. The van der Waals surface area contributed by atoms with E-state index in [0.717, 1.165) is 25.8 Å². The molecule has 1 amide bonds. The molecule has 2 aliphatic rings. The number of carbonyl (C=O) groups excluding carboxylic acids is 1. The fourth-order valence-electron chi connectivity index (χ4n) is 3.73. The third-order valence-electron chi connectivity index (χ3n) is 5.02. The van der Waals surface area contributed by atoms with E-state index >= 15 is 0 Å². The Morgan fingerprint density at radius 1 is 1.20 bits per heavy atom. The number of carboxylic acid groups (broad SMARTS) is 1. The van der Waals surface area contributed by atoms with E-state index in [0.29, 0.717) is 18.9 Å². The highest BCUT2D eigenvalue weighted by molar-refractivity contribution is 5.80. The standard InChI is InChI=1S/C16H27NO3/c1-2-13(10-12-6-3-4-7-12)15(18)17-9-5-8-14(11-17)16(19)20/h12-14H,2-11H2,1H3,(H,19,20)/t13?,14-/m0/s1. The van der Waals surface area contributed by atoms with E-state index < -0.39 is 5.97 Å². The molecule has 0 aromatic rings. The van der Waals surface area contributed by atoms with Crippen molar-refractivity contribution < 1.29 is 14.7 Å². The van der Waals surface area contributed by atoms with E-state index in [9.17, 15) is 9.59 Å². The molecule has 0 aromatic heterocycles. The van der Waals surface area contributed by atoms with Crippen LogP contribution in [0.4, 0.5) is 0 Å². The fourth-order valence-corrected chi connectivity index (χ4v) is 3.73. The summed E-state index contributed by atoms with van der Waals surface area (Å²) in [6.07, 6.45) is 8.55. The van der Waals surface area contributed by atoms with Crippen LogP contribution < -0.4 is 0 Å². The Balaban J connectivity index is 1.91. The zero-order valence-electron chi connectivity index (χ0n) is 12.5. The second-order valence-electron chi connectivity index (χ2n) is 6.45. The van der Waals surface area contributed by atoms with Gasteiger partial charge < -0.3 is 10.0 Å². The highest BCUT2D eigenvalue weighted by Crippen LogP contribution is 2.32. The lowest BCUT2D eigenvalue weighted by atomic mass is 9.89. The van der Waals surface area contributed by atoms with E-state index in [1.807, 2.05) is 4.90 Å². The van der Waals surface area contributed by atoms with Gasteiger partial charge in [0.25, 0.3) is 0 Å². The van der Waals surface area contributed by atoms with Gasteiger partial charge in [0.15, 0.2) is 0 Å². The van der Waals surface area contributed by atoms with Crippen LogP contribution in [-0.4, -0.2) is 35.0 Å². The average molecular weight is 281 g/mol. The average Bonchev–Trinajstić information content (AvgIpc) is 2.97. The first-order chi connectivity index (χ1) is 9.61. The summed E-state index contributed by atoms with van der Waals surface area (Å²) in [5.74, 6) is -0.108. The number of aliphatic carboxylic acids is 1. The molecule has 1 aliphatic carbocycles. The van der Waals surface area contributed by atoms with E-state index in [4.69, 9.17) is 5.11 Å². The van der Waals surface area contributed by atoms with Crippen molar-refractivity contribution in [2.24, 2.45) is 17.8 Å². The minimum Gasteiger partial charge on any atom is -0.481 e. The molecule has 1 N–H and O–H groups in total. The lowest BCUT2D eigenvalue weighted by Gasteiger charge is -2.33. The van der Waals surface area contributed by atoms with Gasteiger partial charge in [-0.25, -0.2) is 0 Å². The van der Waals surface area contributed by atoms with Gasteiger partial charge in [-0.3, -0.25) is 9.59 Å². The molecule has 4 heteroatoms. The fraction of sp³-hybridized carbons (Fsp3) is 0.875. The van der Waals surface area contributed by atoms with Crippen molar-refractivity contribution >= 4 is 11.9 Å². The van der Waals surface area contributed by atoms with Gasteiger partial charge in [0.1, 0.15) is 0 Å². The molecule has 1 aliphatic heterocycles. The van der Waals surface area contributed by atoms with Crippen LogP contribution in [0, 0.1) is 17.8 Å². The van der Waals surface area contributed by atoms with Crippen LogP contribution in [0.5, 0.6) is 0 Å². The van der Waals surface area contributed by atoms with Crippen molar-refractivity contribution in [2.75, 3.05) is 13.1 Å². The van der Waals surface area contributed by atoms with Crippen LogP contribution >= 0.6 is 0 Å². The molecule has 20 heavy (non-hydrogen) atoms. The summed E-state index contributed by atoms with van der Waals surface area (Å²) in [6, 6.07) is 0. The highest BCUT2D eigenvalue weighted by atomic mass is 16.4. The molecule has 2 rings (SSSR count). The summed E-state index contributed by atoms with van der Waals surface area (Å²) in [5, 5.41) is 9.13. The predicted octanol–water partition coefficient (Wildman–Crippen LogP) is 2.92. The SMILES string of the molecule is CCC(CC1CCCC1)C(=O)N1CCC[C@H](C(=O)O)C1. The number of rotatable bonds is 5. The number of hydrogen-bond acceptors (Lipinski definition) is 2. The van der Waals surface area contributed by atoms with Crippen LogP contribution in [0.3, 0.4) is 0 Å². The van der Waals surface area contributed by atoms with Gasteiger partial charge in [-0.05, 0) is 31.6 Å². The lowest BCUT2D eigenvalue weighted by molar-refractivity contribution is -0.147. The van der Waals surface area contributed by atoms with Gasteiger partial charge in [0, 0.05) is 19.0 Å². The largest absolute Gasteiger partial charge is 0.481 e. The van der Waals surface area contributed by atoms with Gasteiger partial charge >= 0.3 is 5.97 Å². The Bertz CT molecular complexity index is 350. The maximum Gasteiger partial charge on any atom is 0.308 e. The van der Waals surface area contributed by atoms with Crippen molar-refractivity contribution in [1.82, 2.24) is 4.90 Å². The molecule has 1 heterocycles. The second kappa shape index (κ2) is 7.09. The molecule has 0 aromatic carbocycles. The summed E-state index contributed by atoms with van der Waals surface area (Å²) in [6.45, 7) is 3.23. The maximum atomic E-state index is 12.6. The molecule has 1 saturated heterocycles. The van der Waals surface area contributed by atoms with Crippen LogP contribution in [0.15, 0.2) is 0 Å². The minimum atomic E-state index is -0.758. The van der Waals surface area contributed by atoms with Crippen LogP contribution in [0.2, 0.25) is 0 Å². The lowest BCUT2D eigenvalue weighted by Crippen LogP contribution is -2.45. The Kier molecular flexibility index (Phi) is 5.44. The first kappa shape index (κ1) is 15.3. The Morgan fingerprint density at radius 2 is 1.90 bits per heavy atom. The summed E-state index contributed by atoms with van der Waals surface area (Å²) in [4.78, 5) is 25.5. The molecule has 0 radical (unpaired) electrons. The van der Waals surface area contributed by atoms with Crippen LogP contribution in [-0.2, 0) is 9.59 Å². The Labute approximate surface area is 121 Å². The van der Waals surface area contributed by atoms with E-state index in [1.165, 1.54) is 25.7 Å². The van der Waals surface area contributed by atoms with Crippen molar-refractivity contribution in [3.8, 4) is 0 Å². The Hall–Kier alpha value is -1.06. The first-order valence-electron chi connectivity index (χ1n) is 8.13. The molecule has 1 saturated carbocycles. The monoisotopic (exact) mass is 281 g/mol. The highest BCUT2D eigenvalue weighted by Gasteiger charge is 2.32. The van der Waals surface area contributed by atoms with Crippen molar-refractivity contribution in [1.29, 1.82) is 0 Å². The number of amides is 1. The summed E-state index contributed by atoms with van der Waals surface area (Å²) in [5.41, 5.74) is 0. The maximum absolute atomic E-state index is 12.6. The number of hydrogen-bond donors (Lipinski definition) is 1. The molecule has 0 bridgehead atoms. The topological polar surface area (TPSA) is 57.6 Å². The van der Waals surface area contributed by atoms with Crippen LogP contribution in [0.25, 0.3) is 0 Å². The molecule has 114 valence electrons. The number of piperidine rings is 1. The second-order valence-corrected chi connectivity index (χ2v) is 6.45. The van der Waals surface area contributed by atoms with Gasteiger partial charge in [0.05, 0.1) is 5.92 Å². The van der Waals surface area contributed by atoms with Crippen molar-refractivity contribution in [3.05, 3.63) is 0 Å². The molecule has 1 unspecified atom stereocenters.